The van der Waals surface area contributed by atoms with Crippen LogP contribution in [0.3, 0.4) is 0 Å². The number of rotatable bonds is 4. The van der Waals surface area contributed by atoms with Crippen LogP contribution in [0.2, 0.25) is 0 Å². The Kier molecular flexibility index (Phi) is 4.57. The summed E-state index contributed by atoms with van der Waals surface area (Å²) in [7, 11) is 3.71. The van der Waals surface area contributed by atoms with Crippen molar-refractivity contribution >= 4 is 15.4 Å². The van der Waals surface area contributed by atoms with Crippen LogP contribution in [-0.4, -0.2) is 19.1 Å². The second-order valence-electron chi connectivity index (χ2n) is 2.97. The van der Waals surface area contributed by atoms with Gasteiger partial charge in [-0.3, -0.25) is 4.79 Å². The number of likely N-dealkylation sites (N-methyl/N-ethyl adjacent to an activating group) is 1. The molecule has 1 N–H and O–H groups in total. The SMILES string of the molecule is CNC(Cc1ccccc1)C(=O)OP. The predicted octanol–water partition coefficient (Wildman–Crippen LogP) is 1.15. The molecule has 0 bridgehead atoms. The summed E-state index contributed by atoms with van der Waals surface area (Å²) in [6, 6.07) is 9.55. The van der Waals surface area contributed by atoms with Crippen LogP contribution in [0.4, 0.5) is 0 Å². The second-order valence-corrected chi connectivity index (χ2v) is 3.20. The van der Waals surface area contributed by atoms with Gasteiger partial charge in [-0.15, -0.1) is 0 Å². The molecule has 0 saturated heterocycles. The lowest BCUT2D eigenvalue weighted by atomic mass is 10.1. The molecular weight excluding hydrogens is 197 g/mol. The summed E-state index contributed by atoms with van der Waals surface area (Å²) in [4.78, 5) is 11.2. The summed E-state index contributed by atoms with van der Waals surface area (Å²) in [6.07, 6.45) is 0.643. The zero-order valence-electron chi connectivity index (χ0n) is 8.07. The van der Waals surface area contributed by atoms with Gasteiger partial charge in [-0.05, 0) is 19.0 Å². The molecule has 1 aromatic rings. The van der Waals surface area contributed by atoms with E-state index >= 15 is 0 Å². The van der Waals surface area contributed by atoms with Crippen molar-refractivity contribution in [1.29, 1.82) is 0 Å². The van der Waals surface area contributed by atoms with Crippen molar-refractivity contribution in [2.75, 3.05) is 7.05 Å². The Labute approximate surface area is 86.1 Å². The predicted molar refractivity (Wildman–Crippen MR) is 58.8 cm³/mol. The maximum atomic E-state index is 11.2. The van der Waals surface area contributed by atoms with Crippen molar-refractivity contribution in [3.63, 3.8) is 0 Å². The fraction of sp³-hybridized carbons (Fsp3) is 0.300. The second kappa shape index (κ2) is 5.74. The van der Waals surface area contributed by atoms with E-state index in [4.69, 9.17) is 0 Å². The Morgan fingerprint density at radius 3 is 2.64 bits per heavy atom. The first kappa shape index (κ1) is 11.2. The third-order valence-electron chi connectivity index (χ3n) is 2.03. The van der Waals surface area contributed by atoms with Gasteiger partial charge < -0.3 is 9.84 Å². The third-order valence-corrected chi connectivity index (χ3v) is 2.26. The molecule has 0 aromatic heterocycles. The minimum Gasteiger partial charge on any atom is -0.450 e. The molecule has 0 spiro atoms. The highest BCUT2D eigenvalue weighted by Gasteiger charge is 2.16. The summed E-state index contributed by atoms with van der Waals surface area (Å²) in [6.45, 7) is 0. The van der Waals surface area contributed by atoms with Crippen molar-refractivity contribution in [3.8, 4) is 0 Å². The van der Waals surface area contributed by atoms with Crippen LogP contribution in [0.1, 0.15) is 5.56 Å². The van der Waals surface area contributed by atoms with E-state index in [2.05, 4.69) is 9.84 Å². The summed E-state index contributed by atoms with van der Waals surface area (Å²) >= 11 is 0. The molecule has 0 aliphatic heterocycles. The van der Waals surface area contributed by atoms with Gasteiger partial charge in [0.15, 0.2) is 0 Å². The van der Waals surface area contributed by atoms with Gasteiger partial charge in [0.05, 0.1) is 9.47 Å². The average Bonchev–Trinajstić information content (AvgIpc) is 2.26. The van der Waals surface area contributed by atoms with E-state index in [0.717, 1.165) is 5.56 Å². The highest BCUT2D eigenvalue weighted by molar-refractivity contribution is 7.10. The van der Waals surface area contributed by atoms with Crippen LogP contribution in [0.25, 0.3) is 0 Å². The maximum absolute atomic E-state index is 11.2. The van der Waals surface area contributed by atoms with Crippen molar-refractivity contribution in [2.45, 2.75) is 12.5 Å². The molecular formula is C10H14NO2P. The van der Waals surface area contributed by atoms with Crippen molar-refractivity contribution in [2.24, 2.45) is 0 Å². The first-order valence-corrected chi connectivity index (χ1v) is 4.87. The lowest BCUT2D eigenvalue weighted by Gasteiger charge is -2.12. The maximum Gasteiger partial charge on any atom is 0.325 e. The quantitative estimate of drug-likeness (QED) is 0.759. The van der Waals surface area contributed by atoms with Gasteiger partial charge in [0, 0.05) is 0 Å². The number of nitrogens with one attached hydrogen (secondary N) is 1. The minimum atomic E-state index is -0.282. The summed E-state index contributed by atoms with van der Waals surface area (Å²) < 4.78 is 4.59. The van der Waals surface area contributed by atoms with Crippen LogP contribution < -0.4 is 5.32 Å². The highest BCUT2D eigenvalue weighted by atomic mass is 31.0. The molecule has 0 amide bonds. The van der Waals surface area contributed by atoms with E-state index in [1.807, 2.05) is 39.8 Å². The zero-order valence-corrected chi connectivity index (χ0v) is 9.22. The standard InChI is InChI=1S/C10H14NO2P/c1-11-9(10(12)13-14)7-8-5-3-2-4-6-8/h2-6,9,11H,7,14H2,1H3. The normalized spacial score (nSPS) is 12.1. The molecule has 2 atom stereocenters. The van der Waals surface area contributed by atoms with Crippen LogP contribution in [-0.2, 0) is 15.7 Å². The molecule has 1 aromatic carbocycles. The van der Waals surface area contributed by atoms with Crippen molar-refractivity contribution in [3.05, 3.63) is 35.9 Å². The van der Waals surface area contributed by atoms with Gasteiger partial charge in [0.2, 0.25) is 0 Å². The van der Waals surface area contributed by atoms with Crippen LogP contribution in [0, 0.1) is 0 Å². The molecule has 0 fully saturated rings. The fourth-order valence-corrected chi connectivity index (χ4v) is 1.40. The van der Waals surface area contributed by atoms with Gasteiger partial charge >= 0.3 is 5.97 Å². The highest BCUT2D eigenvalue weighted by Crippen LogP contribution is 2.05. The average molecular weight is 211 g/mol. The summed E-state index contributed by atoms with van der Waals surface area (Å²) in [5.41, 5.74) is 1.11. The molecule has 0 heterocycles. The zero-order chi connectivity index (χ0) is 10.4. The molecule has 0 saturated carbocycles. The molecule has 3 nitrogen and oxygen atoms in total. The van der Waals surface area contributed by atoms with E-state index in [-0.39, 0.29) is 12.0 Å². The van der Waals surface area contributed by atoms with Gasteiger partial charge in [-0.1, -0.05) is 30.3 Å². The molecule has 2 unspecified atom stereocenters. The number of hydrogen-bond donors (Lipinski definition) is 1. The Balaban J connectivity index is 2.62. The number of carbonyl (C=O) groups excluding carboxylic acids is 1. The summed E-state index contributed by atoms with van der Waals surface area (Å²) in [5, 5.41) is 2.91. The molecule has 0 aliphatic rings. The fourth-order valence-electron chi connectivity index (χ4n) is 1.24. The molecule has 0 radical (unpaired) electrons. The van der Waals surface area contributed by atoms with Crippen LogP contribution >= 0.6 is 9.47 Å². The lowest BCUT2D eigenvalue weighted by molar-refractivity contribution is -0.135. The monoisotopic (exact) mass is 211 g/mol. The van der Waals surface area contributed by atoms with E-state index in [9.17, 15) is 4.79 Å². The molecule has 1 rings (SSSR count). The Morgan fingerprint density at radius 2 is 2.14 bits per heavy atom. The van der Waals surface area contributed by atoms with Crippen molar-refractivity contribution in [1.82, 2.24) is 5.32 Å². The van der Waals surface area contributed by atoms with Crippen molar-refractivity contribution < 1.29 is 9.32 Å². The Bertz CT molecular complexity index is 289. The van der Waals surface area contributed by atoms with E-state index < -0.39 is 0 Å². The molecule has 14 heavy (non-hydrogen) atoms. The summed E-state index contributed by atoms with van der Waals surface area (Å²) in [5.74, 6) is -0.263. The number of carbonyl (C=O) groups is 1. The largest absolute Gasteiger partial charge is 0.450 e. The Morgan fingerprint density at radius 1 is 1.50 bits per heavy atom. The number of hydrogen-bond acceptors (Lipinski definition) is 3. The van der Waals surface area contributed by atoms with E-state index in [0.29, 0.717) is 6.42 Å². The van der Waals surface area contributed by atoms with E-state index in [1.54, 1.807) is 7.05 Å². The van der Waals surface area contributed by atoms with Gasteiger partial charge in [-0.2, -0.15) is 0 Å². The number of benzene rings is 1. The van der Waals surface area contributed by atoms with Gasteiger partial charge in [0.1, 0.15) is 6.04 Å². The molecule has 0 aliphatic carbocycles. The van der Waals surface area contributed by atoms with E-state index in [1.165, 1.54) is 0 Å². The first-order valence-electron chi connectivity index (χ1n) is 4.39. The smallest absolute Gasteiger partial charge is 0.325 e. The van der Waals surface area contributed by atoms with Gasteiger partial charge in [0.25, 0.3) is 0 Å². The van der Waals surface area contributed by atoms with Crippen LogP contribution in [0.5, 0.6) is 0 Å². The molecule has 4 heteroatoms. The van der Waals surface area contributed by atoms with Crippen LogP contribution in [0.15, 0.2) is 30.3 Å². The van der Waals surface area contributed by atoms with Gasteiger partial charge in [-0.25, -0.2) is 0 Å². The lowest BCUT2D eigenvalue weighted by Crippen LogP contribution is -2.36. The Hall–Kier alpha value is -0.920. The third kappa shape index (κ3) is 3.09. The minimum absolute atomic E-state index is 0.263. The first-order chi connectivity index (χ1) is 6.77. The topological polar surface area (TPSA) is 38.3 Å². The molecule has 76 valence electrons.